The van der Waals surface area contributed by atoms with Crippen LogP contribution < -0.4 is 4.74 Å². The summed E-state index contributed by atoms with van der Waals surface area (Å²) in [6.45, 7) is 0. The Morgan fingerprint density at radius 2 is 1.71 bits per heavy atom. The van der Waals surface area contributed by atoms with Crippen molar-refractivity contribution < 1.29 is 26.3 Å². The number of nitrogens with zero attached hydrogens (tertiary/aromatic N) is 1. The lowest BCUT2D eigenvalue weighted by Crippen LogP contribution is -2.23. The number of benzene rings is 2. The van der Waals surface area contributed by atoms with E-state index in [1.54, 1.807) is 30.5 Å². The minimum Gasteiger partial charge on any atom is -0.456 e. The lowest BCUT2D eigenvalue weighted by atomic mass is 10.2. The van der Waals surface area contributed by atoms with Gasteiger partial charge in [0.25, 0.3) is 9.84 Å². The van der Waals surface area contributed by atoms with E-state index in [4.69, 9.17) is 4.74 Å². The molecule has 0 saturated carbocycles. The normalized spacial score (nSPS) is 12.3. The average molecular weight is 353 g/mol. The summed E-state index contributed by atoms with van der Waals surface area (Å²) in [4.78, 5) is 3.19. The number of aromatic nitrogens is 1. The number of pyridine rings is 1. The number of ether oxygens (including phenoxy) is 1. The summed E-state index contributed by atoms with van der Waals surface area (Å²) < 4.78 is 67.1. The molecule has 124 valence electrons. The highest BCUT2D eigenvalue weighted by Crippen LogP contribution is 2.37. The zero-order chi connectivity index (χ0) is 17.4. The summed E-state index contributed by atoms with van der Waals surface area (Å²) in [6.07, 6.45) is 1.61. The second-order valence-corrected chi connectivity index (χ2v) is 6.77. The SMILES string of the molecule is O=S(=O)(c1ccccc1Oc1ccc2ncccc2c1)C(F)(F)F. The summed E-state index contributed by atoms with van der Waals surface area (Å²) in [5.41, 5.74) is -4.72. The van der Waals surface area contributed by atoms with Crippen LogP contribution in [0.4, 0.5) is 13.2 Å². The first-order valence-corrected chi connectivity index (χ1v) is 8.20. The van der Waals surface area contributed by atoms with E-state index in [-0.39, 0.29) is 5.75 Å². The predicted octanol–water partition coefficient (Wildman–Crippen LogP) is 4.32. The minimum absolute atomic E-state index is 0.209. The molecule has 0 spiro atoms. The Balaban J connectivity index is 2.04. The first kappa shape index (κ1) is 16.3. The molecule has 1 aromatic heterocycles. The molecule has 1 heterocycles. The number of fused-ring (bicyclic) bond motifs is 1. The number of para-hydroxylation sites is 1. The van der Waals surface area contributed by atoms with E-state index >= 15 is 0 Å². The van der Waals surface area contributed by atoms with Gasteiger partial charge in [0.05, 0.1) is 5.52 Å². The molecule has 3 aromatic rings. The fourth-order valence-electron chi connectivity index (χ4n) is 2.13. The number of sulfone groups is 1. The molecule has 0 fully saturated rings. The topological polar surface area (TPSA) is 56.3 Å². The van der Waals surface area contributed by atoms with Crippen LogP contribution >= 0.6 is 0 Å². The van der Waals surface area contributed by atoms with E-state index in [9.17, 15) is 21.6 Å². The Kier molecular flexibility index (Phi) is 3.92. The molecule has 0 amide bonds. The van der Waals surface area contributed by atoms with E-state index in [2.05, 4.69) is 4.98 Å². The predicted molar refractivity (Wildman–Crippen MR) is 81.5 cm³/mol. The second-order valence-electron chi connectivity index (χ2n) is 4.86. The van der Waals surface area contributed by atoms with E-state index in [0.29, 0.717) is 10.9 Å². The molecule has 0 radical (unpaired) electrons. The van der Waals surface area contributed by atoms with Crippen LogP contribution in [0.5, 0.6) is 11.5 Å². The lowest BCUT2D eigenvalue weighted by molar-refractivity contribution is -0.0436. The van der Waals surface area contributed by atoms with Crippen molar-refractivity contribution >= 4 is 20.7 Å². The summed E-state index contributed by atoms with van der Waals surface area (Å²) in [7, 11) is -5.51. The van der Waals surface area contributed by atoms with Crippen LogP contribution in [0.2, 0.25) is 0 Å². The van der Waals surface area contributed by atoms with Gasteiger partial charge in [-0.15, -0.1) is 0 Å². The van der Waals surface area contributed by atoms with Crippen molar-refractivity contribution in [2.24, 2.45) is 0 Å². The number of halogens is 3. The van der Waals surface area contributed by atoms with E-state index < -0.39 is 26.0 Å². The van der Waals surface area contributed by atoms with Crippen LogP contribution in [0, 0.1) is 0 Å². The Morgan fingerprint density at radius 3 is 2.46 bits per heavy atom. The van der Waals surface area contributed by atoms with Gasteiger partial charge >= 0.3 is 5.51 Å². The first-order valence-electron chi connectivity index (χ1n) is 6.72. The third kappa shape index (κ3) is 2.92. The zero-order valence-electron chi connectivity index (χ0n) is 12.0. The molecule has 0 atom stereocenters. The van der Waals surface area contributed by atoms with Crippen LogP contribution in [-0.2, 0) is 9.84 Å². The van der Waals surface area contributed by atoms with Crippen LogP contribution in [0.25, 0.3) is 10.9 Å². The van der Waals surface area contributed by atoms with Gasteiger partial charge in [-0.1, -0.05) is 18.2 Å². The van der Waals surface area contributed by atoms with Gasteiger partial charge in [-0.25, -0.2) is 8.42 Å². The third-order valence-electron chi connectivity index (χ3n) is 3.25. The number of hydrogen-bond acceptors (Lipinski definition) is 4. The molecule has 0 N–H and O–H groups in total. The van der Waals surface area contributed by atoms with Gasteiger partial charge in [0.15, 0.2) is 0 Å². The quantitative estimate of drug-likeness (QED) is 0.704. The Labute approximate surface area is 135 Å². The van der Waals surface area contributed by atoms with Crippen LogP contribution in [0.1, 0.15) is 0 Å². The molecule has 3 rings (SSSR count). The molecule has 0 aliphatic heterocycles. The van der Waals surface area contributed by atoms with Crippen molar-refractivity contribution in [2.75, 3.05) is 0 Å². The Hall–Kier alpha value is -2.61. The smallest absolute Gasteiger partial charge is 0.456 e. The highest BCUT2D eigenvalue weighted by molar-refractivity contribution is 7.92. The van der Waals surface area contributed by atoms with Crippen LogP contribution in [0.3, 0.4) is 0 Å². The maximum absolute atomic E-state index is 12.8. The summed E-state index contributed by atoms with van der Waals surface area (Å²) in [5, 5.41) is 0.714. The molecule has 0 unspecified atom stereocenters. The van der Waals surface area contributed by atoms with Gasteiger partial charge in [0.2, 0.25) is 0 Å². The molecule has 0 saturated heterocycles. The molecule has 0 bridgehead atoms. The van der Waals surface area contributed by atoms with Crippen molar-refractivity contribution in [1.82, 2.24) is 4.98 Å². The molecular weight excluding hydrogens is 343 g/mol. The molecule has 8 heteroatoms. The third-order valence-corrected chi connectivity index (χ3v) is 4.77. The summed E-state index contributed by atoms with van der Waals surface area (Å²) >= 11 is 0. The van der Waals surface area contributed by atoms with Crippen molar-refractivity contribution in [3.05, 3.63) is 60.8 Å². The Morgan fingerprint density at radius 1 is 0.958 bits per heavy atom. The monoisotopic (exact) mass is 353 g/mol. The lowest BCUT2D eigenvalue weighted by Gasteiger charge is -2.13. The van der Waals surface area contributed by atoms with Gasteiger partial charge in [0.1, 0.15) is 16.4 Å². The molecule has 2 aromatic carbocycles. The maximum Gasteiger partial charge on any atom is 0.502 e. The minimum atomic E-state index is -5.51. The highest BCUT2D eigenvalue weighted by atomic mass is 32.2. The number of hydrogen-bond donors (Lipinski definition) is 0. The fraction of sp³-hybridized carbons (Fsp3) is 0.0625. The van der Waals surface area contributed by atoms with Crippen molar-refractivity contribution in [3.8, 4) is 11.5 Å². The van der Waals surface area contributed by atoms with Gasteiger partial charge in [-0.3, -0.25) is 4.98 Å². The Bertz CT molecular complexity index is 1000. The van der Waals surface area contributed by atoms with E-state index in [1.807, 2.05) is 0 Å². The van der Waals surface area contributed by atoms with Crippen molar-refractivity contribution in [2.45, 2.75) is 10.4 Å². The first-order chi connectivity index (χ1) is 11.3. The number of alkyl halides is 3. The summed E-state index contributed by atoms with van der Waals surface area (Å²) in [6, 6.07) is 12.8. The van der Waals surface area contributed by atoms with E-state index in [0.717, 1.165) is 6.07 Å². The van der Waals surface area contributed by atoms with Crippen LogP contribution in [-0.4, -0.2) is 18.9 Å². The number of rotatable bonds is 3. The largest absolute Gasteiger partial charge is 0.502 e. The van der Waals surface area contributed by atoms with Gasteiger partial charge in [-0.05, 0) is 36.4 Å². The highest BCUT2D eigenvalue weighted by Gasteiger charge is 2.48. The maximum atomic E-state index is 12.8. The zero-order valence-corrected chi connectivity index (χ0v) is 12.8. The molecule has 4 nitrogen and oxygen atoms in total. The molecule has 0 aliphatic rings. The molecule has 24 heavy (non-hydrogen) atoms. The van der Waals surface area contributed by atoms with Crippen molar-refractivity contribution in [3.63, 3.8) is 0 Å². The van der Waals surface area contributed by atoms with Gasteiger partial charge in [0, 0.05) is 11.6 Å². The van der Waals surface area contributed by atoms with Crippen LogP contribution in [0.15, 0.2) is 65.7 Å². The van der Waals surface area contributed by atoms with Crippen molar-refractivity contribution in [1.29, 1.82) is 0 Å². The van der Waals surface area contributed by atoms with Gasteiger partial charge in [-0.2, -0.15) is 13.2 Å². The fourth-order valence-corrected chi connectivity index (χ4v) is 3.01. The molecule has 0 aliphatic carbocycles. The average Bonchev–Trinajstić information content (AvgIpc) is 2.54. The molecular formula is C16H10F3NO3S. The second kappa shape index (κ2) is 5.79. The van der Waals surface area contributed by atoms with Gasteiger partial charge < -0.3 is 4.74 Å². The summed E-state index contributed by atoms with van der Waals surface area (Å²) in [5.74, 6) is -0.182. The standard InChI is InChI=1S/C16H10F3NO3S/c17-16(18,19)24(21,22)15-6-2-1-5-14(15)23-12-7-8-13-11(10-12)4-3-9-20-13/h1-10H. The van der Waals surface area contributed by atoms with E-state index in [1.165, 1.54) is 24.3 Å².